The van der Waals surface area contributed by atoms with Gasteiger partial charge in [-0.1, -0.05) is 23.7 Å². The Morgan fingerprint density at radius 2 is 2.16 bits per heavy atom. The third-order valence-corrected chi connectivity index (χ3v) is 4.28. The van der Waals surface area contributed by atoms with E-state index in [4.69, 9.17) is 16.3 Å². The number of morpholine rings is 1. The molecule has 19 heavy (non-hydrogen) atoms. The molecule has 0 spiro atoms. The van der Waals surface area contributed by atoms with Crippen molar-refractivity contribution in [3.63, 3.8) is 0 Å². The normalized spacial score (nSPS) is 21.6. The molecule has 1 fully saturated rings. The van der Waals surface area contributed by atoms with Gasteiger partial charge in [0, 0.05) is 24.1 Å². The maximum Gasteiger partial charge on any atom is 0.415 e. The van der Waals surface area contributed by atoms with Gasteiger partial charge >= 0.3 is 6.18 Å². The van der Waals surface area contributed by atoms with Gasteiger partial charge in [0.2, 0.25) is 0 Å². The number of rotatable bonds is 2. The third kappa shape index (κ3) is 3.84. The molecule has 1 atom stereocenters. The molecule has 0 amide bonds. The predicted octanol–water partition coefficient (Wildman–Crippen LogP) is 3.87. The summed E-state index contributed by atoms with van der Waals surface area (Å²) in [5.74, 6) is 0. The Morgan fingerprint density at radius 1 is 1.42 bits per heavy atom. The Morgan fingerprint density at radius 3 is 2.84 bits per heavy atom. The quantitative estimate of drug-likeness (QED) is 0.796. The molecule has 0 saturated carbocycles. The number of ether oxygens (including phenoxy) is 1. The summed E-state index contributed by atoms with van der Waals surface area (Å²) in [6.45, 7) is 0.770. The van der Waals surface area contributed by atoms with Crippen LogP contribution < -0.4 is 0 Å². The lowest BCUT2D eigenvalue weighted by Crippen LogP contribution is -2.48. The second kappa shape index (κ2) is 5.99. The average Bonchev–Trinajstić information content (AvgIpc) is 2.34. The Hall–Kier alpha value is -0.300. The summed E-state index contributed by atoms with van der Waals surface area (Å²) in [4.78, 5) is 1.70. The number of alkyl halides is 3. The molecule has 0 N–H and O–H groups in total. The van der Waals surface area contributed by atoms with Gasteiger partial charge in [-0.05, 0) is 27.6 Å². The van der Waals surface area contributed by atoms with E-state index in [-0.39, 0.29) is 13.2 Å². The van der Waals surface area contributed by atoms with E-state index >= 15 is 0 Å². The van der Waals surface area contributed by atoms with Crippen LogP contribution in [0.1, 0.15) is 5.56 Å². The first-order chi connectivity index (χ1) is 8.88. The first-order valence-corrected chi connectivity index (χ1v) is 6.88. The van der Waals surface area contributed by atoms with Crippen LogP contribution >= 0.6 is 27.5 Å². The molecule has 2 rings (SSSR count). The number of halogens is 5. The molecule has 1 aliphatic rings. The minimum Gasteiger partial charge on any atom is -0.366 e. The van der Waals surface area contributed by atoms with Gasteiger partial charge in [-0.15, -0.1) is 0 Å². The minimum atomic E-state index is -4.32. The smallest absolute Gasteiger partial charge is 0.366 e. The maximum atomic E-state index is 12.6. The van der Waals surface area contributed by atoms with Crippen LogP contribution in [0.4, 0.5) is 13.2 Å². The van der Waals surface area contributed by atoms with E-state index in [1.165, 1.54) is 0 Å². The SMILES string of the molecule is FC(F)(F)C1CN(Cc2cccc(Br)c2Cl)CCO1. The van der Waals surface area contributed by atoms with Crippen molar-refractivity contribution in [3.8, 4) is 0 Å². The first-order valence-electron chi connectivity index (χ1n) is 5.71. The van der Waals surface area contributed by atoms with Gasteiger partial charge in [-0.3, -0.25) is 4.90 Å². The molecule has 1 aromatic carbocycles. The van der Waals surface area contributed by atoms with Gasteiger partial charge in [-0.25, -0.2) is 0 Å². The summed E-state index contributed by atoms with van der Waals surface area (Å²) in [6, 6.07) is 5.42. The molecule has 1 aliphatic heterocycles. The molecule has 0 radical (unpaired) electrons. The highest BCUT2D eigenvalue weighted by molar-refractivity contribution is 9.10. The molecular weight excluding hydrogens is 346 g/mol. The molecule has 1 saturated heterocycles. The number of benzene rings is 1. The summed E-state index contributed by atoms with van der Waals surface area (Å²) >= 11 is 9.41. The van der Waals surface area contributed by atoms with Crippen molar-refractivity contribution in [2.45, 2.75) is 18.8 Å². The highest BCUT2D eigenvalue weighted by atomic mass is 79.9. The van der Waals surface area contributed by atoms with Gasteiger partial charge in [-0.2, -0.15) is 13.2 Å². The lowest BCUT2D eigenvalue weighted by Gasteiger charge is -2.33. The molecule has 1 aromatic rings. The molecular formula is C12H12BrClF3NO. The van der Waals surface area contributed by atoms with Crippen molar-refractivity contribution in [3.05, 3.63) is 33.3 Å². The highest BCUT2D eigenvalue weighted by Crippen LogP contribution is 2.29. The van der Waals surface area contributed by atoms with Crippen molar-refractivity contribution in [2.75, 3.05) is 19.7 Å². The topological polar surface area (TPSA) is 12.5 Å². The first kappa shape index (κ1) is 15.1. The second-order valence-electron chi connectivity index (χ2n) is 4.35. The predicted molar refractivity (Wildman–Crippen MR) is 70.2 cm³/mol. The Labute approximate surface area is 122 Å². The number of hydrogen-bond acceptors (Lipinski definition) is 2. The summed E-state index contributed by atoms with van der Waals surface area (Å²) in [5, 5.41) is 0.539. The fourth-order valence-electron chi connectivity index (χ4n) is 1.96. The third-order valence-electron chi connectivity index (χ3n) is 2.94. The van der Waals surface area contributed by atoms with Crippen LogP contribution in [0.2, 0.25) is 5.02 Å². The van der Waals surface area contributed by atoms with E-state index < -0.39 is 12.3 Å². The van der Waals surface area contributed by atoms with Crippen LogP contribution in [0.15, 0.2) is 22.7 Å². The maximum absolute atomic E-state index is 12.6. The van der Waals surface area contributed by atoms with E-state index in [9.17, 15) is 13.2 Å². The average molecular weight is 359 g/mol. The van der Waals surface area contributed by atoms with Crippen LogP contribution in [0, 0.1) is 0 Å². The van der Waals surface area contributed by atoms with Crippen molar-refractivity contribution in [1.82, 2.24) is 4.90 Å². The fourth-order valence-corrected chi connectivity index (χ4v) is 2.55. The number of nitrogens with zero attached hydrogens (tertiary/aromatic N) is 1. The molecule has 0 aromatic heterocycles. The van der Waals surface area contributed by atoms with Crippen LogP contribution in [0.3, 0.4) is 0 Å². The summed E-state index contributed by atoms with van der Waals surface area (Å²) in [6.07, 6.45) is -6.04. The van der Waals surface area contributed by atoms with Crippen LogP contribution in [-0.2, 0) is 11.3 Å². The van der Waals surface area contributed by atoms with Gasteiger partial charge < -0.3 is 4.74 Å². The van der Waals surface area contributed by atoms with Crippen molar-refractivity contribution >= 4 is 27.5 Å². The zero-order valence-corrected chi connectivity index (χ0v) is 12.2. The molecule has 1 heterocycles. The van der Waals surface area contributed by atoms with E-state index in [0.29, 0.717) is 18.1 Å². The zero-order valence-electron chi connectivity index (χ0n) is 9.88. The highest BCUT2D eigenvalue weighted by Gasteiger charge is 2.43. The lowest BCUT2D eigenvalue weighted by molar-refractivity contribution is -0.237. The minimum absolute atomic E-state index is 0.0792. The van der Waals surface area contributed by atoms with Gasteiger partial charge in [0.15, 0.2) is 6.10 Å². The van der Waals surface area contributed by atoms with Crippen molar-refractivity contribution in [1.29, 1.82) is 0 Å². The molecule has 7 heteroatoms. The standard InChI is InChI=1S/C12H12BrClF3NO/c13-9-3-1-2-8(11(9)14)6-18-4-5-19-10(7-18)12(15,16)17/h1-3,10H,4-7H2. The largest absolute Gasteiger partial charge is 0.415 e. The Kier molecular flexibility index (Phi) is 4.76. The van der Waals surface area contributed by atoms with Crippen LogP contribution in [0.25, 0.3) is 0 Å². The summed E-state index contributed by atoms with van der Waals surface area (Å²) < 4.78 is 43.3. The monoisotopic (exact) mass is 357 g/mol. The fraction of sp³-hybridized carbons (Fsp3) is 0.500. The van der Waals surface area contributed by atoms with Gasteiger partial charge in [0.05, 0.1) is 11.6 Å². The van der Waals surface area contributed by atoms with E-state index in [1.54, 1.807) is 11.0 Å². The zero-order chi connectivity index (χ0) is 14.0. The van der Waals surface area contributed by atoms with Crippen molar-refractivity contribution < 1.29 is 17.9 Å². The summed E-state index contributed by atoms with van der Waals surface area (Å²) in [7, 11) is 0. The molecule has 0 bridgehead atoms. The second-order valence-corrected chi connectivity index (χ2v) is 5.58. The molecule has 0 aliphatic carbocycles. The lowest BCUT2D eigenvalue weighted by atomic mass is 10.2. The number of hydrogen-bond donors (Lipinski definition) is 0. The Bertz CT molecular complexity index is 455. The van der Waals surface area contributed by atoms with Gasteiger partial charge in [0.25, 0.3) is 0 Å². The van der Waals surface area contributed by atoms with Crippen LogP contribution in [-0.4, -0.2) is 36.9 Å². The van der Waals surface area contributed by atoms with Gasteiger partial charge in [0.1, 0.15) is 0 Å². The molecule has 1 unspecified atom stereocenters. The van der Waals surface area contributed by atoms with E-state index in [0.717, 1.165) is 10.0 Å². The van der Waals surface area contributed by atoms with Crippen molar-refractivity contribution in [2.24, 2.45) is 0 Å². The van der Waals surface area contributed by atoms with E-state index in [1.807, 2.05) is 12.1 Å². The molecule has 106 valence electrons. The molecule has 2 nitrogen and oxygen atoms in total. The Balaban J connectivity index is 2.05. The van der Waals surface area contributed by atoms with E-state index in [2.05, 4.69) is 15.9 Å². The summed E-state index contributed by atoms with van der Waals surface area (Å²) in [5.41, 5.74) is 0.805. The van der Waals surface area contributed by atoms with Crippen LogP contribution in [0.5, 0.6) is 0 Å².